The predicted molar refractivity (Wildman–Crippen MR) is 124 cm³/mol. The first kappa shape index (κ1) is 27.5. The molecular formula is C22H32N6O7. The van der Waals surface area contributed by atoms with Crippen molar-refractivity contribution >= 4 is 35.3 Å². The number of hydrogen-bond acceptors (Lipinski definition) is 8. The van der Waals surface area contributed by atoms with E-state index < -0.39 is 66.3 Å². The van der Waals surface area contributed by atoms with E-state index in [-0.39, 0.29) is 19.4 Å². The Kier molecular flexibility index (Phi) is 9.54. The fraction of sp³-hybridized carbons (Fsp3) is 0.500. The van der Waals surface area contributed by atoms with Crippen LogP contribution in [0, 0.1) is 0 Å². The first-order valence-corrected chi connectivity index (χ1v) is 11.1. The second-order valence-corrected chi connectivity index (χ2v) is 8.53. The van der Waals surface area contributed by atoms with Crippen molar-refractivity contribution in [3.63, 3.8) is 0 Å². The summed E-state index contributed by atoms with van der Waals surface area (Å²) in [6.45, 7) is 1.54. The van der Waals surface area contributed by atoms with Crippen LogP contribution in [0.5, 0.6) is 0 Å². The van der Waals surface area contributed by atoms with E-state index in [0.29, 0.717) is 17.7 Å². The van der Waals surface area contributed by atoms with Crippen molar-refractivity contribution < 1.29 is 34.2 Å². The summed E-state index contributed by atoms with van der Waals surface area (Å²) in [5.41, 5.74) is 17.7. The molecule has 13 nitrogen and oxygen atoms in total. The zero-order chi connectivity index (χ0) is 26.3. The van der Waals surface area contributed by atoms with Crippen LogP contribution in [0.2, 0.25) is 0 Å². The van der Waals surface area contributed by atoms with Gasteiger partial charge in [0.15, 0.2) is 0 Å². The Morgan fingerprint density at radius 2 is 1.74 bits per heavy atom. The fourth-order valence-electron chi connectivity index (χ4n) is 3.75. The molecule has 35 heavy (non-hydrogen) atoms. The number of aliphatic hydroxyl groups excluding tert-OH is 1. The number of aliphatic hydroxyl groups is 1. The van der Waals surface area contributed by atoms with Crippen LogP contribution in [0.1, 0.15) is 31.7 Å². The molecule has 0 radical (unpaired) electrons. The highest BCUT2D eigenvalue weighted by atomic mass is 16.4. The molecule has 1 fully saturated rings. The summed E-state index contributed by atoms with van der Waals surface area (Å²) < 4.78 is 0. The number of carboxylic acid groups (broad SMARTS) is 1. The normalized spacial score (nSPS) is 18.7. The Morgan fingerprint density at radius 3 is 2.29 bits per heavy atom. The smallest absolute Gasteiger partial charge is 0.326 e. The number of amides is 4. The van der Waals surface area contributed by atoms with Crippen molar-refractivity contribution in [1.82, 2.24) is 15.5 Å². The van der Waals surface area contributed by atoms with Crippen LogP contribution >= 0.6 is 0 Å². The molecule has 0 unspecified atom stereocenters. The minimum absolute atomic E-state index is 0.0572. The van der Waals surface area contributed by atoms with E-state index in [1.807, 2.05) is 0 Å². The summed E-state index contributed by atoms with van der Waals surface area (Å²) >= 11 is 0. The number of likely N-dealkylation sites (tertiary alicyclic amines) is 1. The van der Waals surface area contributed by atoms with Gasteiger partial charge in [-0.3, -0.25) is 19.2 Å². The van der Waals surface area contributed by atoms with Gasteiger partial charge in [0.2, 0.25) is 23.6 Å². The van der Waals surface area contributed by atoms with Crippen molar-refractivity contribution in [3.05, 3.63) is 29.8 Å². The number of nitrogens with one attached hydrogen (secondary N) is 2. The van der Waals surface area contributed by atoms with Gasteiger partial charge in [-0.2, -0.15) is 0 Å². The van der Waals surface area contributed by atoms with Crippen LogP contribution in [-0.2, 0) is 30.4 Å². The lowest BCUT2D eigenvalue weighted by Gasteiger charge is -2.30. The van der Waals surface area contributed by atoms with Crippen LogP contribution in [0.3, 0.4) is 0 Å². The molecule has 1 aliphatic rings. The number of rotatable bonds is 11. The van der Waals surface area contributed by atoms with Crippen LogP contribution in [0.15, 0.2) is 24.3 Å². The van der Waals surface area contributed by atoms with E-state index in [0.717, 1.165) is 0 Å². The molecule has 13 heteroatoms. The van der Waals surface area contributed by atoms with Crippen LogP contribution in [0.4, 0.5) is 5.69 Å². The molecule has 5 atom stereocenters. The molecule has 1 saturated heterocycles. The van der Waals surface area contributed by atoms with Crippen molar-refractivity contribution in [2.75, 3.05) is 12.3 Å². The number of primary amides is 1. The molecule has 4 amide bonds. The number of benzene rings is 1. The predicted octanol–water partition coefficient (Wildman–Crippen LogP) is -2.56. The molecule has 0 aliphatic carbocycles. The highest BCUT2D eigenvalue weighted by molar-refractivity contribution is 5.95. The minimum Gasteiger partial charge on any atom is -0.480 e. The van der Waals surface area contributed by atoms with Crippen molar-refractivity contribution in [2.45, 2.75) is 62.9 Å². The molecule has 192 valence electrons. The maximum absolute atomic E-state index is 13.5. The highest BCUT2D eigenvalue weighted by Gasteiger charge is 2.39. The van der Waals surface area contributed by atoms with Gasteiger partial charge in [-0.15, -0.1) is 0 Å². The minimum atomic E-state index is -1.54. The van der Waals surface area contributed by atoms with E-state index in [1.165, 1.54) is 11.8 Å². The van der Waals surface area contributed by atoms with Crippen molar-refractivity contribution in [3.8, 4) is 0 Å². The summed E-state index contributed by atoms with van der Waals surface area (Å²) in [7, 11) is 0. The Labute approximate surface area is 202 Å². The van der Waals surface area contributed by atoms with Crippen molar-refractivity contribution in [1.29, 1.82) is 0 Å². The number of carbonyl (C=O) groups excluding carboxylic acids is 4. The summed E-state index contributed by atoms with van der Waals surface area (Å²) in [6.07, 6.45) is -0.981. The third kappa shape index (κ3) is 7.65. The van der Waals surface area contributed by atoms with Crippen LogP contribution < -0.4 is 27.8 Å². The van der Waals surface area contributed by atoms with Crippen LogP contribution in [-0.4, -0.2) is 81.5 Å². The summed E-state index contributed by atoms with van der Waals surface area (Å²) in [6, 6.07) is 1.70. The Morgan fingerprint density at radius 1 is 1.11 bits per heavy atom. The van der Waals surface area contributed by atoms with E-state index >= 15 is 0 Å². The third-order valence-electron chi connectivity index (χ3n) is 5.72. The molecule has 0 bridgehead atoms. The topological polar surface area (TPSA) is 231 Å². The lowest BCUT2D eigenvalue weighted by Crippen LogP contribution is -2.58. The Hall–Kier alpha value is -3.71. The summed E-state index contributed by atoms with van der Waals surface area (Å²) in [5, 5.41) is 23.7. The quantitative estimate of drug-likeness (QED) is 0.161. The number of hydrogen-bond donors (Lipinski definition) is 7. The number of nitrogens with two attached hydrogens (primary N) is 3. The van der Waals surface area contributed by atoms with Gasteiger partial charge in [0.1, 0.15) is 24.2 Å². The zero-order valence-electron chi connectivity index (χ0n) is 19.3. The van der Waals surface area contributed by atoms with Crippen LogP contribution in [0.25, 0.3) is 0 Å². The summed E-state index contributed by atoms with van der Waals surface area (Å²) in [4.78, 5) is 62.6. The van der Waals surface area contributed by atoms with E-state index in [2.05, 4.69) is 10.6 Å². The van der Waals surface area contributed by atoms with Gasteiger partial charge in [0.25, 0.3) is 0 Å². The average Bonchev–Trinajstić information content (AvgIpc) is 3.28. The molecule has 1 aromatic rings. The molecule has 1 aliphatic heterocycles. The first-order chi connectivity index (χ1) is 16.4. The zero-order valence-corrected chi connectivity index (χ0v) is 19.3. The van der Waals surface area contributed by atoms with Gasteiger partial charge in [0.05, 0.1) is 12.5 Å². The second-order valence-electron chi connectivity index (χ2n) is 8.53. The average molecular weight is 493 g/mol. The van der Waals surface area contributed by atoms with Crippen molar-refractivity contribution in [2.24, 2.45) is 11.5 Å². The number of carbonyl (C=O) groups is 5. The molecule has 0 aromatic heterocycles. The Bertz CT molecular complexity index is 952. The highest BCUT2D eigenvalue weighted by Crippen LogP contribution is 2.20. The number of nitrogen functional groups attached to an aromatic ring is 1. The number of carboxylic acids is 1. The van der Waals surface area contributed by atoms with E-state index in [9.17, 15) is 34.2 Å². The molecule has 1 aromatic carbocycles. The maximum atomic E-state index is 13.5. The third-order valence-corrected chi connectivity index (χ3v) is 5.72. The molecule has 1 heterocycles. The molecule has 0 saturated carbocycles. The maximum Gasteiger partial charge on any atom is 0.326 e. The number of nitrogens with zero attached hydrogens (tertiary/aromatic N) is 1. The van der Waals surface area contributed by atoms with Gasteiger partial charge in [0, 0.05) is 18.7 Å². The monoisotopic (exact) mass is 492 g/mol. The molecule has 10 N–H and O–H groups in total. The standard InChI is InChI=1S/C22H32N6O7/c1-11(29)18(25)20(32)26-14(9-12-4-6-13(23)7-5-12)21(33)28-8-2-3-16(28)19(31)27-15(22(34)35)10-17(24)30/h4-7,11,14-16,18,29H,2-3,8-10,23,25H2,1H3,(H2,24,30)(H,26,32)(H,27,31)(H,34,35)/t11-,14+,15+,16+,18+/m1/s1. The van der Waals surface area contributed by atoms with Gasteiger partial charge in [-0.25, -0.2) is 4.79 Å². The molecular weight excluding hydrogens is 460 g/mol. The fourth-order valence-corrected chi connectivity index (χ4v) is 3.75. The second kappa shape index (κ2) is 12.1. The SMILES string of the molecule is C[C@@H](O)[C@H](N)C(=O)N[C@@H](Cc1ccc(N)cc1)C(=O)N1CCC[C@H]1C(=O)N[C@@H](CC(N)=O)C(=O)O. The lowest BCUT2D eigenvalue weighted by molar-refractivity contribution is -0.146. The number of aliphatic carboxylic acids is 1. The molecule has 2 rings (SSSR count). The van der Waals surface area contributed by atoms with Gasteiger partial charge >= 0.3 is 5.97 Å². The Balaban J connectivity index is 2.24. The van der Waals surface area contributed by atoms with Gasteiger partial charge in [-0.1, -0.05) is 12.1 Å². The lowest BCUT2D eigenvalue weighted by atomic mass is 10.0. The number of anilines is 1. The van der Waals surface area contributed by atoms with Gasteiger partial charge < -0.3 is 42.9 Å². The molecule has 0 spiro atoms. The summed E-state index contributed by atoms with van der Waals surface area (Å²) in [5.74, 6) is -4.41. The first-order valence-electron chi connectivity index (χ1n) is 11.1. The van der Waals surface area contributed by atoms with E-state index in [1.54, 1.807) is 24.3 Å². The van der Waals surface area contributed by atoms with Gasteiger partial charge in [-0.05, 0) is 37.5 Å². The largest absolute Gasteiger partial charge is 0.480 e. The van der Waals surface area contributed by atoms with E-state index in [4.69, 9.17) is 17.2 Å².